The molecule has 2 N–H and O–H groups in total. The molecule has 0 spiro atoms. The molecule has 0 atom stereocenters. The molecule has 4 heteroatoms. The van der Waals surface area contributed by atoms with E-state index in [1.807, 2.05) is 45.0 Å². The lowest BCUT2D eigenvalue weighted by molar-refractivity contribution is 0.0523. The van der Waals surface area contributed by atoms with Gasteiger partial charge in [0.25, 0.3) is 0 Å². The SMILES string of the molecule is C#CCNCc1ccc(CNC(=O)OC(C)(C)C)cc1. The van der Waals surface area contributed by atoms with E-state index in [2.05, 4.69) is 16.6 Å². The summed E-state index contributed by atoms with van der Waals surface area (Å²) in [6.07, 6.45) is 4.76. The van der Waals surface area contributed by atoms with Crippen molar-refractivity contribution in [3.05, 3.63) is 35.4 Å². The fourth-order valence-electron chi connectivity index (χ4n) is 1.54. The maximum Gasteiger partial charge on any atom is 0.407 e. The normalized spacial score (nSPS) is 10.7. The van der Waals surface area contributed by atoms with Crippen LogP contribution < -0.4 is 10.6 Å². The summed E-state index contributed by atoms with van der Waals surface area (Å²) in [6, 6.07) is 7.97. The molecule has 0 aromatic heterocycles. The summed E-state index contributed by atoms with van der Waals surface area (Å²) in [5.41, 5.74) is 1.70. The van der Waals surface area contributed by atoms with Crippen LogP contribution in [-0.2, 0) is 17.8 Å². The van der Waals surface area contributed by atoms with E-state index in [1.54, 1.807) is 0 Å². The average Bonchev–Trinajstić information content (AvgIpc) is 2.36. The van der Waals surface area contributed by atoms with Gasteiger partial charge in [0, 0.05) is 13.1 Å². The van der Waals surface area contributed by atoms with Gasteiger partial charge in [-0.05, 0) is 31.9 Å². The van der Waals surface area contributed by atoms with E-state index in [1.165, 1.54) is 0 Å². The van der Waals surface area contributed by atoms with Gasteiger partial charge in [-0.2, -0.15) is 0 Å². The van der Waals surface area contributed by atoms with Crippen molar-refractivity contribution in [1.82, 2.24) is 10.6 Å². The van der Waals surface area contributed by atoms with Gasteiger partial charge >= 0.3 is 6.09 Å². The predicted octanol–water partition coefficient (Wildman–Crippen LogP) is 2.43. The summed E-state index contributed by atoms with van der Waals surface area (Å²) < 4.78 is 5.17. The number of alkyl carbamates (subject to hydrolysis) is 1. The number of amides is 1. The third kappa shape index (κ3) is 6.81. The van der Waals surface area contributed by atoms with E-state index < -0.39 is 11.7 Å². The molecule has 0 aliphatic heterocycles. The highest BCUT2D eigenvalue weighted by molar-refractivity contribution is 5.67. The molecule has 1 aromatic carbocycles. The monoisotopic (exact) mass is 274 g/mol. The smallest absolute Gasteiger partial charge is 0.407 e. The van der Waals surface area contributed by atoms with Gasteiger partial charge in [-0.1, -0.05) is 30.2 Å². The van der Waals surface area contributed by atoms with Crippen molar-refractivity contribution < 1.29 is 9.53 Å². The van der Waals surface area contributed by atoms with Crippen molar-refractivity contribution in [3.63, 3.8) is 0 Å². The van der Waals surface area contributed by atoms with Gasteiger partial charge in [-0.15, -0.1) is 6.42 Å². The summed E-state index contributed by atoms with van der Waals surface area (Å²) in [5, 5.41) is 5.84. The number of carbonyl (C=O) groups is 1. The summed E-state index contributed by atoms with van der Waals surface area (Å²) in [7, 11) is 0. The largest absolute Gasteiger partial charge is 0.444 e. The van der Waals surface area contributed by atoms with Crippen LogP contribution in [-0.4, -0.2) is 18.2 Å². The van der Waals surface area contributed by atoms with Crippen LogP contribution in [0.1, 0.15) is 31.9 Å². The van der Waals surface area contributed by atoms with Crippen LogP contribution >= 0.6 is 0 Å². The lowest BCUT2D eigenvalue weighted by atomic mass is 10.1. The van der Waals surface area contributed by atoms with Crippen molar-refractivity contribution in [2.24, 2.45) is 0 Å². The predicted molar refractivity (Wildman–Crippen MR) is 80.1 cm³/mol. The second-order valence-electron chi connectivity index (χ2n) is 5.48. The van der Waals surface area contributed by atoms with Crippen LogP contribution in [0, 0.1) is 12.3 Å². The number of hydrogen-bond acceptors (Lipinski definition) is 3. The zero-order chi connectivity index (χ0) is 15.0. The third-order valence-electron chi connectivity index (χ3n) is 2.41. The van der Waals surface area contributed by atoms with Crippen molar-refractivity contribution in [3.8, 4) is 12.3 Å². The zero-order valence-electron chi connectivity index (χ0n) is 12.3. The summed E-state index contributed by atoms with van der Waals surface area (Å²) in [5.74, 6) is 2.53. The third-order valence-corrected chi connectivity index (χ3v) is 2.41. The molecule has 1 amide bonds. The second-order valence-corrected chi connectivity index (χ2v) is 5.48. The van der Waals surface area contributed by atoms with E-state index in [4.69, 9.17) is 11.2 Å². The molecule has 1 aromatic rings. The Morgan fingerprint density at radius 2 is 1.75 bits per heavy atom. The van der Waals surface area contributed by atoms with Crippen molar-refractivity contribution in [2.45, 2.75) is 39.5 Å². The lowest BCUT2D eigenvalue weighted by Gasteiger charge is -2.19. The molecule has 0 aliphatic rings. The molecule has 108 valence electrons. The van der Waals surface area contributed by atoms with Crippen LogP contribution in [0.15, 0.2) is 24.3 Å². The summed E-state index contributed by atoms with van der Waals surface area (Å²) >= 11 is 0. The molecule has 0 radical (unpaired) electrons. The number of nitrogens with one attached hydrogen (secondary N) is 2. The molecular formula is C16H22N2O2. The van der Waals surface area contributed by atoms with Gasteiger partial charge in [0.2, 0.25) is 0 Å². The summed E-state index contributed by atoms with van der Waals surface area (Å²) in [4.78, 5) is 11.5. The van der Waals surface area contributed by atoms with Crippen LogP contribution in [0.3, 0.4) is 0 Å². The Labute approximate surface area is 120 Å². The van der Waals surface area contributed by atoms with Crippen molar-refractivity contribution in [2.75, 3.05) is 6.54 Å². The zero-order valence-corrected chi connectivity index (χ0v) is 12.3. The van der Waals surface area contributed by atoms with Gasteiger partial charge in [0.1, 0.15) is 5.60 Å². The number of benzene rings is 1. The Kier molecular flexibility index (Phi) is 6.08. The quantitative estimate of drug-likeness (QED) is 0.640. The Balaban J connectivity index is 2.38. The maximum atomic E-state index is 11.5. The molecule has 20 heavy (non-hydrogen) atoms. The van der Waals surface area contributed by atoms with Gasteiger partial charge < -0.3 is 15.4 Å². The second kappa shape index (κ2) is 7.56. The number of hydrogen-bond donors (Lipinski definition) is 2. The van der Waals surface area contributed by atoms with Crippen molar-refractivity contribution >= 4 is 6.09 Å². The average molecular weight is 274 g/mol. The minimum Gasteiger partial charge on any atom is -0.444 e. The number of ether oxygens (including phenoxy) is 1. The molecule has 0 unspecified atom stereocenters. The molecule has 1 rings (SSSR count). The Bertz CT molecular complexity index is 467. The lowest BCUT2D eigenvalue weighted by Crippen LogP contribution is -2.32. The first-order valence-corrected chi connectivity index (χ1v) is 6.59. The summed E-state index contributed by atoms with van der Waals surface area (Å²) in [6.45, 7) is 7.26. The molecule has 0 saturated heterocycles. The van der Waals surface area contributed by atoms with Gasteiger partial charge in [0.05, 0.1) is 6.54 Å². The van der Waals surface area contributed by atoms with Gasteiger partial charge in [-0.25, -0.2) is 4.79 Å². The fraction of sp³-hybridized carbons (Fsp3) is 0.438. The number of carbonyl (C=O) groups excluding carboxylic acids is 1. The maximum absolute atomic E-state index is 11.5. The molecular weight excluding hydrogens is 252 g/mol. The molecule has 4 nitrogen and oxygen atoms in total. The van der Waals surface area contributed by atoms with Gasteiger partial charge in [0.15, 0.2) is 0 Å². The topological polar surface area (TPSA) is 50.4 Å². The minimum absolute atomic E-state index is 0.405. The molecule has 0 aliphatic carbocycles. The highest BCUT2D eigenvalue weighted by Gasteiger charge is 2.15. The molecule has 0 fully saturated rings. The number of rotatable bonds is 5. The van der Waals surface area contributed by atoms with E-state index in [0.29, 0.717) is 13.1 Å². The highest BCUT2D eigenvalue weighted by Crippen LogP contribution is 2.08. The van der Waals surface area contributed by atoms with Gasteiger partial charge in [-0.3, -0.25) is 0 Å². The van der Waals surface area contributed by atoms with Crippen LogP contribution in [0.5, 0.6) is 0 Å². The van der Waals surface area contributed by atoms with Crippen molar-refractivity contribution in [1.29, 1.82) is 0 Å². The first-order chi connectivity index (χ1) is 9.40. The van der Waals surface area contributed by atoms with Crippen LogP contribution in [0.2, 0.25) is 0 Å². The van der Waals surface area contributed by atoms with E-state index in [9.17, 15) is 4.79 Å². The molecule has 0 bridgehead atoms. The Hall–Kier alpha value is -1.99. The fourth-order valence-corrected chi connectivity index (χ4v) is 1.54. The molecule has 0 saturated carbocycles. The minimum atomic E-state index is -0.476. The first kappa shape index (κ1) is 16.1. The van der Waals surface area contributed by atoms with E-state index >= 15 is 0 Å². The van der Waals surface area contributed by atoms with Crippen LogP contribution in [0.25, 0.3) is 0 Å². The van der Waals surface area contributed by atoms with Crippen LogP contribution in [0.4, 0.5) is 4.79 Å². The Morgan fingerprint density at radius 1 is 1.20 bits per heavy atom. The first-order valence-electron chi connectivity index (χ1n) is 6.59. The molecule has 0 heterocycles. The highest BCUT2D eigenvalue weighted by atomic mass is 16.6. The standard InChI is InChI=1S/C16H22N2O2/c1-5-10-17-11-13-6-8-14(9-7-13)12-18-15(19)20-16(2,3)4/h1,6-9,17H,10-12H2,2-4H3,(H,18,19). The Morgan fingerprint density at radius 3 is 2.25 bits per heavy atom. The van der Waals surface area contributed by atoms with E-state index in [0.717, 1.165) is 17.7 Å². The number of terminal acetylenes is 1. The van der Waals surface area contributed by atoms with E-state index in [-0.39, 0.29) is 0 Å².